The predicted octanol–water partition coefficient (Wildman–Crippen LogP) is 2.23. The van der Waals surface area contributed by atoms with E-state index in [-0.39, 0.29) is 17.6 Å². The standard InChI is InChI=1S/C14H21NO3/c1-3-4-5-11(14(15)17)8-10-6-7-12(16)13(9-10)18-2/h6-7,9,11,16H,3-5,8H2,1-2H3,(H2,15,17). The first-order valence-electron chi connectivity index (χ1n) is 6.23. The van der Waals surface area contributed by atoms with Crippen LogP contribution in [0.3, 0.4) is 0 Å². The molecule has 4 heteroatoms. The minimum Gasteiger partial charge on any atom is -0.504 e. The summed E-state index contributed by atoms with van der Waals surface area (Å²) in [4.78, 5) is 11.4. The molecule has 1 amide bonds. The quantitative estimate of drug-likeness (QED) is 0.780. The van der Waals surface area contributed by atoms with Gasteiger partial charge in [0.05, 0.1) is 7.11 Å². The summed E-state index contributed by atoms with van der Waals surface area (Å²) < 4.78 is 5.04. The maximum atomic E-state index is 11.4. The molecule has 0 aliphatic heterocycles. The van der Waals surface area contributed by atoms with E-state index >= 15 is 0 Å². The van der Waals surface area contributed by atoms with Crippen LogP contribution in [0.4, 0.5) is 0 Å². The number of hydrogen-bond donors (Lipinski definition) is 2. The number of hydrogen-bond acceptors (Lipinski definition) is 3. The van der Waals surface area contributed by atoms with E-state index < -0.39 is 0 Å². The average molecular weight is 251 g/mol. The number of ether oxygens (including phenoxy) is 1. The molecule has 1 unspecified atom stereocenters. The lowest BCUT2D eigenvalue weighted by Crippen LogP contribution is -2.25. The van der Waals surface area contributed by atoms with Crippen molar-refractivity contribution in [3.05, 3.63) is 23.8 Å². The Labute approximate surface area is 108 Å². The van der Waals surface area contributed by atoms with Crippen LogP contribution in [0, 0.1) is 5.92 Å². The van der Waals surface area contributed by atoms with Crippen LogP contribution in [-0.2, 0) is 11.2 Å². The maximum Gasteiger partial charge on any atom is 0.220 e. The highest BCUT2D eigenvalue weighted by Gasteiger charge is 2.16. The van der Waals surface area contributed by atoms with Crippen molar-refractivity contribution in [3.8, 4) is 11.5 Å². The summed E-state index contributed by atoms with van der Waals surface area (Å²) in [6, 6.07) is 5.11. The van der Waals surface area contributed by atoms with E-state index in [1.807, 2.05) is 0 Å². The van der Waals surface area contributed by atoms with Crippen LogP contribution in [0.2, 0.25) is 0 Å². The van der Waals surface area contributed by atoms with E-state index in [9.17, 15) is 9.90 Å². The Hall–Kier alpha value is -1.71. The first-order chi connectivity index (χ1) is 8.58. The van der Waals surface area contributed by atoms with E-state index in [0.29, 0.717) is 12.2 Å². The third-order valence-corrected chi connectivity index (χ3v) is 3.03. The van der Waals surface area contributed by atoms with Crippen LogP contribution >= 0.6 is 0 Å². The number of phenols is 1. The lowest BCUT2D eigenvalue weighted by atomic mass is 9.93. The number of unbranched alkanes of at least 4 members (excludes halogenated alkanes) is 1. The van der Waals surface area contributed by atoms with Crippen LogP contribution < -0.4 is 10.5 Å². The van der Waals surface area contributed by atoms with Crippen LogP contribution in [0.1, 0.15) is 31.7 Å². The second-order valence-electron chi connectivity index (χ2n) is 4.45. The lowest BCUT2D eigenvalue weighted by molar-refractivity contribution is -0.122. The summed E-state index contributed by atoms with van der Waals surface area (Å²) in [5, 5.41) is 9.50. The minimum atomic E-state index is -0.268. The number of amides is 1. The number of nitrogens with two attached hydrogens (primary N) is 1. The van der Waals surface area contributed by atoms with Crippen molar-refractivity contribution >= 4 is 5.91 Å². The molecule has 0 saturated carbocycles. The van der Waals surface area contributed by atoms with Crippen molar-refractivity contribution < 1.29 is 14.6 Å². The Bertz CT molecular complexity index is 404. The molecule has 0 fully saturated rings. The van der Waals surface area contributed by atoms with Gasteiger partial charge in [0.2, 0.25) is 5.91 Å². The molecule has 4 nitrogen and oxygen atoms in total. The van der Waals surface area contributed by atoms with Gasteiger partial charge in [0.1, 0.15) is 0 Å². The number of rotatable bonds is 7. The Balaban J connectivity index is 2.77. The SMILES string of the molecule is CCCCC(Cc1ccc(O)c(OC)c1)C(N)=O. The second-order valence-corrected chi connectivity index (χ2v) is 4.45. The Morgan fingerprint density at radius 1 is 1.50 bits per heavy atom. The number of carbonyl (C=O) groups excluding carboxylic acids is 1. The van der Waals surface area contributed by atoms with Gasteiger partial charge in [-0.25, -0.2) is 0 Å². The molecule has 0 radical (unpaired) electrons. The molecular formula is C14H21NO3. The normalized spacial score (nSPS) is 12.1. The maximum absolute atomic E-state index is 11.4. The topological polar surface area (TPSA) is 72.6 Å². The van der Waals surface area contributed by atoms with Crippen molar-refractivity contribution in [2.45, 2.75) is 32.6 Å². The number of aromatic hydroxyl groups is 1. The molecule has 18 heavy (non-hydrogen) atoms. The Morgan fingerprint density at radius 3 is 2.78 bits per heavy atom. The lowest BCUT2D eigenvalue weighted by Gasteiger charge is -2.13. The molecule has 1 rings (SSSR count). The zero-order valence-electron chi connectivity index (χ0n) is 11.0. The third kappa shape index (κ3) is 3.95. The molecule has 1 atom stereocenters. The summed E-state index contributed by atoms with van der Waals surface area (Å²) in [5.41, 5.74) is 6.35. The number of carbonyl (C=O) groups is 1. The van der Waals surface area contributed by atoms with E-state index in [2.05, 4.69) is 6.92 Å². The summed E-state index contributed by atoms with van der Waals surface area (Å²) in [6.07, 6.45) is 3.42. The molecular weight excluding hydrogens is 230 g/mol. The second kappa shape index (κ2) is 6.89. The van der Waals surface area contributed by atoms with Gasteiger partial charge in [-0.15, -0.1) is 0 Å². The van der Waals surface area contributed by atoms with Gasteiger partial charge in [0.15, 0.2) is 11.5 Å². The van der Waals surface area contributed by atoms with E-state index in [0.717, 1.165) is 24.8 Å². The van der Waals surface area contributed by atoms with Crippen molar-refractivity contribution in [2.24, 2.45) is 11.7 Å². The van der Waals surface area contributed by atoms with Crippen molar-refractivity contribution in [1.82, 2.24) is 0 Å². The highest BCUT2D eigenvalue weighted by molar-refractivity contribution is 5.77. The molecule has 0 heterocycles. The predicted molar refractivity (Wildman–Crippen MR) is 70.6 cm³/mol. The smallest absolute Gasteiger partial charge is 0.220 e. The van der Waals surface area contributed by atoms with E-state index in [1.165, 1.54) is 7.11 Å². The fraction of sp³-hybridized carbons (Fsp3) is 0.500. The molecule has 0 saturated heterocycles. The van der Waals surface area contributed by atoms with E-state index in [1.54, 1.807) is 18.2 Å². The van der Waals surface area contributed by atoms with Crippen LogP contribution in [0.15, 0.2) is 18.2 Å². The highest BCUT2D eigenvalue weighted by atomic mass is 16.5. The van der Waals surface area contributed by atoms with E-state index in [4.69, 9.17) is 10.5 Å². The van der Waals surface area contributed by atoms with Gasteiger partial charge in [-0.3, -0.25) is 4.79 Å². The first kappa shape index (κ1) is 14.4. The fourth-order valence-electron chi connectivity index (χ4n) is 1.93. The molecule has 3 N–H and O–H groups in total. The Morgan fingerprint density at radius 2 is 2.22 bits per heavy atom. The van der Waals surface area contributed by atoms with Gasteiger partial charge in [-0.05, 0) is 30.5 Å². The summed E-state index contributed by atoms with van der Waals surface area (Å²) >= 11 is 0. The minimum absolute atomic E-state index is 0.102. The number of primary amides is 1. The molecule has 0 aromatic heterocycles. The van der Waals surface area contributed by atoms with Crippen LogP contribution in [0.5, 0.6) is 11.5 Å². The van der Waals surface area contributed by atoms with Crippen molar-refractivity contribution in [3.63, 3.8) is 0 Å². The van der Waals surface area contributed by atoms with Crippen LogP contribution in [0.25, 0.3) is 0 Å². The highest BCUT2D eigenvalue weighted by Crippen LogP contribution is 2.28. The van der Waals surface area contributed by atoms with Gasteiger partial charge in [-0.1, -0.05) is 25.8 Å². The molecule has 1 aromatic rings. The average Bonchev–Trinajstić information content (AvgIpc) is 2.36. The third-order valence-electron chi connectivity index (χ3n) is 3.03. The van der Waals surface area contributed by atoms with Crippen LogP contribution in [-0.4, -0.2) is 18.1 Å². The van der Waals surface area contributed by atoms with Gasteiger partial charge >= 0.3 is 0 Å². The summed E-state index contributed by atoms with van der Waals surface area (Å²) in [5.74, 6) is 0.103. The number of benzene rings is 1. The first-order valence-corrected chi connectivity index (χ1v) is 6.23. The zero-order chi connectivity index (χ0) is 13.5. The van der Waals surface area contributed by atoms with Gasteiger partial charge in [0.25, 0.3) is 0 Å². The molecule has 1 aromatic carbocycles. The zero-order valence-corrected chi connectivity index (χ0v) is 11.0. The van der Waals surface area contributed by atoms with Crippen molar-refractivity contribution in [1.29, 1.82) is 0 Å². The molecule has 100 valence electrons. The molecule has 0 spiro atoms. The van der Waals surface area contributed by atoms with Crippen molar-refractivity contribution in [2.75, 3.05) is 7.11 Å². The molecule has 0 aliphatic rings. The monoisotopic (exact) mass is 251 g/mol. The molecule has 0 aliphatic carbocycles. The molecule has 0 bridgehead atoms. The van der Waals surface area contributed by atoms with Gasteiger partial charge in [-0.2, -0.15) is 0 Å². The summed E-state index contributed by atoms with van der Waals surface area (Å²) in [7, 11) is 1.50. The Kier molecular flexibility index (Phi) is 5.49. The largest absolute Gasteiger partial charge is 0.504 e. The van der Waals surface area contributed by atoms with Gasteiger partial charge in [0, 0.05) is 5.92 Å². The fourth-order valence-corrected chi connectivity index (χ4v) is 1.93. The summed E-state index contributed by atoms with van der Waals surface area (Å²) in [6.45, 7) is 2.08. The van der Waals surface area contributed by atoms with Gasteiger partial charge < -0.3 is 15.6 Å². The number of phenolic OH excluding ortho intramolecular Hbond substituents is 1. The number of methoxy groups -OCH3 is 1.